The molecule has 1 fully saturated rings. The lowest BCUT2D eigenvalue weighted by Gasteiger charge is -2.24. The van der Waals surface area contributed by atoms with E-state index < -0.39 is 0 Å². The van der Waals surface area contributed by atoms with E-state index in [9.17, 15) is 4.79 Å². The first kappa shape index (κ1) is 13.8. The predicted molar refractivity (Wildman–Crippen MR) is 85.4 cm³/mol. The number of hydrogen-bond donors (Lipinski definition) is 1. The van der Waals surface area contributed by atoms with Gasteiger partial charge in [0.25, 0.3) is 0 Å². The highest BCUT2D eigenvalue weighted by Crippen LogP contribution is 2.33. The Morgan fingerprint density at radius 2 is 2.26 bits per heavy atom. The first-order valence-corrected chi connectivity index (χ1v) is 7.88. The van der Waals surface area contributed by atoms with E-state index in [0.29, 0.717) is 13.1 Å². The molecule has 2 aromatic rings. The van der Waals surface area contributed by atoms with E-state index in [-0.39, 0.29) is 11.9 Å². The third-order valence-corrected chi connectivity index (χ3v) is 4.72. The Bertz CT molecular complexity index is 777. The zero-order chi connectivity index (χ0) is 15.8. The normalized spacial score (nSPS) is 19.7. The summed E-state index contributed by atoms with van der Waals surface area (Å²) in [5.41, 5.74) is 4.20. The fraction of sp³-hybridized carbons (Fsp3) is 0.353. The number of rotatable bonds is 2. The number of amides is 1. The summed E-state index contributed by atoms with van der Waals surface area (Å²) in [6, 6.07) is 7.77. The lowest BCUT2D eigenvalue weighted by atomic mass is 10.1. The zero-order valence-corrected chi connectivity index (χ0v) is 12.7. The monoisotopic (exact) mass is 307 g/mol. The summed E-state index contributed by atoms with van der Waals surface area (Å²) < 4.78 is 0. The minimum Gasteiger partial charge on any atom is -0.310 e. The Labute approximate surface area is 134 Å². The molecule has 0 aliphatic carbocycles. The van der Waals surface area contributed by atoms with E-state index in [2.05, 4.69) is 22.5 Å². The first-order valence-electron chi connectivity index (χ1n) is 7.88. The van der Waals surface area contributed by atoms with Crippen molar-refractivity contribution in [1.82, 2.24) is 15.1 Å². The van der Waals surface area contributed by atoms with Crippen molar-refractivity contribution in [2.24, 2.45) is 0 Å². The summed E-state index contributed by atoms with van der Waals surface area (Å²) in [6.45, 7) is 1.38. The van der Waals surface area contributed by atoms with Crippen LogP contribution in [0.4, 0.5) is 5.69 Å². The molecule has 0 bridgehead atoms. The van der Waals surface area contributed by atoms with Crippen LogP contribution in [0.1, 0.15) is 18.4 Å². The molecule has 3 heterocycles. The summed E-state index contributed by atoms with van der Waals surface area (Å²) in [4.78, 5) is 16.3. The molecule has 6 heteroatoms. The number of nitrogens with one attached hydrogen (secondary N) is 1. The van der Waals surface area contributed by atoms with Gasteiger partial charge in [-0.1, -0.05) is 6.07 Å². The van der Waals surface area contributed by atoms with Gasteiger partial charge in [0.15, 0.2) is 6.19 Å². The Hall–Kier alpha value is -2.81. The lowest BCUT2D eigenvalue weighted by molar-refractivity contribution is -0.121. The van der Waals surface area contributed by atoms with Gasteiger partial charge in [0.05, 0.1) is 5.69 Å². The molecule has 0 radical (unpaired) electrons. The van der Waals surface area contributed by atoms with Crippen LogP contribution >= 0.6 is 0 Å². The molecule has 2 aliphatic heterocycles. The summed E-state index contributed by atoms with van der Waals surface area (Å²) in [5, 5.41) is 16.1. The van der Waals surface area contributed by atoms with Crippen LogP contribution in [0.25, 0.3) is 11.3 Å². The van der Waals surface area contributed by atoms with Crippen LogP contribution in [0.3, 0.4) is 0 Å². The highest BCUT2D eigenvalue weighted by Gasteiger charge is 2.36. The maximum Gasteiger partial charge on any atom is 0.250 e. The second-order valence-corrected chi connectivity index (χ2v) is 6.01. The Morgan fingerprint density at radius 3 is 3.04 bits per heavy atom. The lowest BCUT2D eigenvalue weighted by Crippen LogP contribution is -2.43. The molecule has 0 unspecified atom stereocenters. The van der Waals surface area contributed by atoms with Crippen molar-refractivity contribution in [2.45, 2.75) is 25.3 Å². The van der Waals surface area contributed by atoms with Crippen molar-refractivity contribution >= 4 is 11.6 Å². The molecule has 6 nitrogen and oxygen atoms in total. The molecule has 1 N–H and O–H groups in total. The molecule has 23 heavy (non-hydrogen) atoms. The number of fused-ring (bicyclic) bond motifs is 1. The number of likely N-dealkylation sites (tertiary alicyclic amines) is 1. The number of nitrogens with zero attached hydrogens (tertiary/aromatic N) is 4. The van der Waals surface area contributed by atoms with Crippen LogP contribution in [0.2, 0.25) is 0 Å². The number of anilines is 1. The molecule has 116 valence electrons. The smallest absolute Gasteiger partial charge is 0.250 e. The third-order valence-electron chi connectivity index (χ3n) is 4.72. The third kappa shape index (κ3) is 2.25. The van der Waals surface area contributed by atoms with Gasteiger partial charge in [-0.3, -0.25) is 14.8 Å². The molecule has 1 amide bonds. The summed E-state index contributed by atoms with van der Waals surface area (Å²) in [6.07, 6.45) is 6.40. The number of H-pyrrole nitrogens is 1. The van der Waals surface area contributed by atoms with Gasteiger partial charge in [-0.15, -0.1) is 0 Å². The van der Waals surface area contributed by atoms with Gasteiger partial charge in [0, 0.05) is 25.0 Å². The molecule has 0 spiro atoms. The van der Waals surface area contributed by atoms with Gasteiger partial charge in [-0.05, 0) is 48.6 Å². The van der Waals surface area contributed by atoms with E-state index in [1.165, 1.54) is 5.56 Å². The average Bonchev–Trinajstić information content (AvgIpc) is 3.32. The topological polar surface area (TPSA) is 76.0 Å². The first-order chi connectivity index (χ1) is 11.3. The van der Waals surface area contributed by atoms with Gasteiger partial charge in [0.2, 0.25) is 5.91 Å². The summed E-state index contributed by atoms with van der Waals surface area (Å²) >= 11 is 0. The van der Waals surface area contributed by atoms with Gasteiger partial charge < -0.3 is 4.90 Å². The predicted octanol–water partition coefficient (Wildman–Crippen LogP) is 1.91. The summed E-state index contributed by atoms with van der Waals surface area (Å²) in [7, 11) is 0. The van der Waals surface area contributed by atoms with Crippen molar-refractivity contribution in [2.75, 3.05) is 18.0 Å². The van der Waals surface area contributed by atoms with E-state index in [1.807, 2.05) is 23.1 Å². The van der Waals surface area contributed by atoms with Crippen LogP contribution in [-0.4, -0.2) is 40.1 Å². The minimum absolute atomic E-state index is 0.0529. The van der Waals surface area contributed by atoms with Gasteiger partial charge in [-0.2, -0.15) is 10.4 Å². The SMILES string of the molecule is N#CN1CCC[C@H]1C(=O)N1CCc2cc(-c3ccn[nH]3)ccc21. The second kappa shape index (κ2) is 5.43. The van der Waals surface area contributed by atoms with Crippen molar-refractivity contribution in [3.63, 3.8) is 0 Å². The van der Waals surface area contributed by atoms with Crippen LogP contribution in [0, 0.1) is 11.5 Å². The fourth-order valence-electron chi connectivity index (χ4n) is 3.54. The van der Waals surface area contributed by atoms with Crippen LogP contribution < -0.4 is 4.90 Å². The minimum atomic E-state index is -0.293. The molecule has 4 rings (SSSR count). The molecular formula is C17H17N5O. The Kier molecular flexibility index (Phi) is 3.27. The van der Waals surface area contributed by atoms with E-state index in [0.717, 1.165) is 36.2 Å². The van der Waals surface area contributed by atoms with Gasteiger partial charge in [-0.25, -0.2) is 0 Å². The maximum absolute atomic E-state index is 12.8. The van der Waals surface area contributed by atoms with Crippen molar-refractivity contribution in [3.8, 4) is 17.5 Å². The highest BCUT2D eigenvalue weighted by molar-refractivity contribution is 5.99. The van der Waals surface area contributed by atoms with Gasteiger partial charge >= 0.3 is 0 Å². The molecular weight excluding hydrogens is 290 g/mol. The molecule has 1 saturated heterocycles. The van der Waals surface area contributed by atoms with Crippen molar-refractivity contribution in [3.05, 3.63) is 36.0 Å². The number of carbonyl (C=O) groups is 1. The number of hydrogen-bond acceptors (Lipinski definition) is 4. The zero-order valence-electron chi connectivity index (χ0n) is 12.7. The number of nitriles is 1. The highest BCUT2D eigenvalue weighted by atomic mass is 16.2. The van der Waals surface area contributed by atoms with Crippen molar-refractivity contribution in [1.29, 1.82) is 5.26 Å². The molecule has 1 aromatic heterocycles. The molecule has 1 atom stereocenters. The second-order valence-electron chi connectivity index (χ2n) is 6.01. The average molecular weight is 307 g/mol. The van der Waals surface area contributed by atoms with Crippen LogP contribution in [0.15, 0.2) is 30.5 Å². The van der Waals surface area contributed by atoms with Gasteiger partial charge in [0.1, 0.15) is 6.04 Å². The molecule has 2 aliphatic rings. The number of aromatic nitrogens is 2. The fourth-order valence-corrected chi connectivity index (χ4v) is 3.54. The largest absolute Gasteiger partial charge is 0.310 e. The standard InChI is InChI=1S/C17H17N5O/c18-11-21-8-1-2-16(21)17(23)22-9-6-13-10-12(3-4-15(13)22)14-5-7-19-20-14/h3-5,7,10,16H,1-2,6,8-9H2,(H,19,20)/t16-/m0/s1. The number of aromatic amines is 1. The van der Waals surface area contributed by atoms with Crippen LogP contribution in [-0.2, 0) is 11.2 Å². The Morgan fingerprint density at radius 1 is 1.35 bits per heavy atom. The van der Waals surface area contributed by atoms with Crippen molar-refractivity contribution < 1.29 is 4.79 Å². The number of carbonyl (C=O) groups excluding carboxylic acids is 1. The number of benzene rings is 1. The Balaban J connectivity index is 1.61. The van der Waals surface area contributed by atoms with E-state index in [1.54, 1.807) is 11.1 Å². The maximum atomic E-state index is 12.8. The summed E-state index contributed by atoms with van der Waals surface area (Å²) in [5.74, 6) is 0.0529. The molecule has 0 saturated carbocycles. The van der Waals surface area contributed by atoms with E-state index in [4.69, 9.17) is 5.26 Å². The molecule has 1 aromatic carbocycles. The van der Waals surface area contributed by atoms with E-state index >= 15 is 0 Å². The quantitative estimate of drug-likeness (QED) is 0.860. The van der Waals surface area contributed by atoms with Crippen LogP contribution in [0.5, 0.6) is 0 Å².